The quantitative estimate of drug-likeness (QED) is 0.619. The van der Waals surface area contributed by atoms with Gasteiger partial charge in [0.2, 0.25) is 0 Å². The molecule has 0 saturated heterocycles. The smallest absolute Gasteiger partial charge is 0.0934 e. The van der Waals surface area contributed by atoms with E-state index in [1.165, 1.54) is 0 Å². The number of nitrogens with two attached hydrogens (primary N) is 1. The first-order valence-electron chi connectivity index (χ1n) is 3.23. The van der Waals surface area contributed by atoms with Crippen LogP contribution in [-0.2, 0) is 6.42 Å². The van der Waals surface area contributed by atoms with Gasteiger partial charge in [0.25, 0.3) is 0 Å². The number of halogens is 1. The summed E-state index contributed by atoms with van der Waals surface area (Å²) in [6, 6.07) is 7.25. The molecule has 1 nitrogen and oxygen atoms in total. The van der Waals surface area contributed by atoms with E-state index in [4.69, 9.17) is 5.73 Å². The number of hydrogen-bond acceptors (Lipinski definition) is 1. The molecule has 1 aromatic rings. The van der Waals surface area contributed by atoms with Gasteiger partial charge in [0.15, 0.2) is 0 Å². The van der Waals surface area contributed by atoms with Crippen LogP contribution in [0.25, 0.3) is 0 Å². The van der Waals surface area contributed by atoms with Crippen molar-refractivity contribution in [2.75, 3.05) is 12.4 Å². The highest BCUT2D eigenvalue weighted by molar-refractivity contribution is 5.39. The molecule has 0 atom stereocenters. The third-order valence-corrected chi connectivity index (χ3v) is 1.36. The fraction of sp³-hybridized carbons (Fsp3) is 0.250. The summed E-state index contributed by atoms with van der Waals surface area (Å²) >= 11 is 0. The third kappa shape index (κ3) is 1.72. The third-order valence-electron chi connectivity index (χ3n) is 1.36. The minimum Gasteiger partial charge on any atom is -0.399 e. The molecule has 54 valence electrons. The predicted molar refractivity (Wildman–Crippen MR) is 40.5 cm³/mol. The Kier molecular flexibility index (Phi) is 2.26. The molecule has 1 rings (SSSR count). The molecule has 0 aromatic heterocycles. The second-order valence-electron chi connectivity index (χ2n) is 2.18. The molecule has 0 fully saturated rings. The van der Waals surface area contributed by atoms with E-state index in [1.807, 2.05) is 12.1 Å². The van der Waals surface area contributed by atoms with Crippen molar-refractivity contribution >= 4 is 5.69 Å². The zero-order chi connectivity index (χ0) is 7.40. The Morgan fingerprint density at radius 3 is 2.30 bits per heavy atom. The number of anilines is 1. The number of nitrogen functional groups attached to an aromatic ring is 1. The van der Waals surface area contributed by atoms with E-state index in [0.717, 1.165) is 11.3 Å². The minimum absolute atomic E-state index is 0.302. The first-order chi connectivity index (χ1) is 4.83. The lowest BCUT2D eigenvalue weighted by molar-refractivity contribution is 0.495. The van der Waals surface area contributed by atoms with E-state index in [-0.39, 0.29) is 6.67 Å². The number of rotatable bonds is 2. The fourth-order valence-electron chi connectivity index (χ4n) is 0.793. The van der Waals surface area contributed by atoms with Gasteiger partial charge in [-0.25, -0.2) is 0 Å². The van der Waals surface area contributed by atoms with Gasteiger partial charge in [-0.3, -0.25) is 4.39 Å². The predicted octanol–water partition coefficient (Wildman–Crippen LogP) is 1.78. The largest absolute Gasteiger partial charge is 0.399 e. The van der Waals surface area contributed by atoms with Crippen LogP contribution in [0.4, 0.5) is 10.1 Å². The van der Waals surface area contributed by atoms with Gasteiger partial charge >= 0.3 is 0 Å². The van der Waals surface area contributed by atoms with Crippen molar-refractivity contribution in [3.63, 3.8) is 0 Å². The van der Waals surface area contributed by atoms with Crippen LogP contribution in [0.3, 0.4) is 0 Å². The lowest BCUT2D eigenvalue weighted by atomic mass is 10.1. The van der Waals surface area contributed by atoms with Crippen molar-refractivity contribution in [1.29, 1.82) is 0 Å². The Morgan fingerprint density at radius 1 is 1.20 bits per heavy atom. The van der Waals surface area contributed by atoms with Crippen LogP contribution in [0.1, 0.15) is 5.56 Å². The first-order valence-corrected chi connectivity index (χ1v) is 3.23. The van der Waals surface area contributed by atoms with Crippen molar-refractivity contribution < 1.29 is 4.39 Å². The molecule has 0 bridgehead atoms. The van der Waals surface area contributed by atoms with Gasteiger partial charge in [0.05, 0.1) is 6.67 Å². The van der Waals surface area contributed by atoms with E-state index in [0.29, 0.717) is 6.42 Å². The Morgan fingerprint density at radius 2 is 1.80 bits per heavy atom. The number of alkyl halides is 1. The summed E-state index contributed by atoms with van der Waals surface area (Å²) in [5, 5.41) is 0. The highest BCUT2D eigenvalue weighted by atomic mass is 18.2. The molecule has 0 aliphatic carbocycles. The number of aryl methyl sites for hydroxylation is 1. The zero-order valence-corrected chi connectivity index (χ0v) is 5.68. The summed E-state index contributed by atoms with van der Waals surface area (Å²) in [6.45, 7) is -0.302. The minimum atomic E-state index is -0.302. The standard InChI is InChI=1S/C8H10FN/c9-6-5-7-1-3-8(10)4-2-7/h1-4H,5-6,10H2/i9-1. The van der Waals surface area contributed by atoms with Gasteiger partial charge in [0.1, 0.15) is 0 Å². The summed E-state index contributed by atoms with van der Waals surface area (Å²) in [6.07, 6.45) is 0.486. The van der Waals surface area contributed by atoms with Gasteiger partial charge in [-0.05, 0) is 17.7 Å². The maximum atomic E-state index is 11.7. The van der Waals surface area contributed by atoms with Gasteiger partial charge < -0.3 is 5.73 Å². The average molecular weight is 138 g/mol. The molecule has 0 amide bonds. The van der Waals surface area contributed by atoms with E-state index in [1.54, 1.807) is 12.1 Å². The maximum Gasteiger partial charge on any atom is 0.0934 e. The Hall–Kier alpha value is -1.05. The molecule has 0 radical (unpaired) electrons. The molecule has 0 saturated carbocycles. The van der Waals surface area contributed by atoms with Gasteiger partial charge in [-0.2, -0.15) is 0 Å². The second-order valence-corrected chi connectivity index (χ2v) is 2.18. The molecule has 2 N–H and O–H groups in total. The van der Waals surface area contributed by atoms with E-state index in [2.05, 4.69) is 0 Å². The molecule has 1 aromatic carbocycles. The molecular formula is C8H10FN. The Bertz CT molecular complexity index is 193. The zero-order valence-electron chi connectivity index (χ0n) is 5.68. The second kappa shape index (κ2) is 3.20. The van der Waals surface area contributed by atoms with E-state index in [9.17, 15) is 4.39 Å². The van der Waals surface area contributed by atoms with Crippen molar-refractivity contribution in [1.82, 2.24) is 0 Å². The number of benzene rings is 1. The molecule has 0 spiro atoms. The van der Waals surface area contributed by atoms with Crippen LogP contribution in [0.15, 0.2) is 24.3 Å². The molecule has 0 aliphatic rings. The average Bonchev–Trinajstić information content (AvgIpc) is 1.95. The van der Waals surface area contributed by atoms with Crippen LogP contribution < -0.4 is 5.73 Å². The summed E-state index contributed by atoms with van der Waals surface area (Å²) in [7, 11) is 0. The van der Waals surface area contributed by atoms with Crippen LogP contribution in [-0.4, -0.2) is 6.67 Å². The van der Waals surface area contributed by atoms with Crippen molar-refractivity contribution in [3.8, 4) is 0 Å². The lowest BCUT2D eigenvalue weighted by Crippen LogP contribution is -1.88. The monoisotopic (exact) mass is 138 g/mol. The highest BCUT2D eigenvalue weighted by Gasteiger charge is 1.89. The van der Waals surface area contributed by atoms with Crippen LogP contribution in [0.5, 0.6) is 0 Å². The van der Waals surface area contributed by atoms with E-state index >= 15 is 0 Å². The molecule has 0 heterocycles. The fourth-order valence-corrected chi connectivity index (χ4v) is 0.793. The molecular weight excluding hydrogens is 128 g/mol. The summed E-state index contributed by atoms with van der Waals surface area (Å²) in [4.78, 5) is 0. The molecule has 10 heavy (non-hydrogen) atoms. The normalized spacial score (nSPS) is 9.70. The Labute approximate surface area is 59.7 Å². The van der Waals surface area contributed by atoms with Gasteiger partial charge in [0, 0.05) is 12.1 Å². The SMILES string of the molecule is Nc1ccc(CC[18F])cc1. The maximum absolute atomic E-state index is 11.7. The summed E-state index contributed by atoms with van der Waals surface area (Å²) < 4.78 is 11.7. The van der Waals surface area contributed by atoms with Crippen molar-refractivity contribution in [2.24, 2.45) is 0 Å². The highest BCUT2D eigenvalue weighted by Crippen LogP contribution is 2.05. The van der Waals surface area contributed by atoms with Gasteiger partial charge in [-0.15, -0.1) is 0 Å². The van der Waals surface area contributed by atoms with Crippen molar-refractivity contribution in [2.45, 2.75) is 6.42 Å². The van der Waals surface area contributed by atoms with Crippen LogP contribution in [0, 0.1) is 0 Å². The Balaban J connectivity index is 2.69. The van der Waals surface area contributed by atoms with E-state index < -0.39 is 0 Å². The van der Waals surface area contributed by atoms with Gasteiger partial charge in [-0.1, -0.05) is 12.1 Å². The summed E-state index contributed by atoms with van der Waals surface area (Å²) in [5.74, 6) is 0. The van der Waals surface area contributed by atoms with Crippen LogP contribution >= 0.6 is 0 Å². The number of hydrogen-bond donors (Lipinski definition) is 1. The molecule has 2 heteroatoms. The summed E-state index contributed by atoms with van der Waals surface area (Å²) in [5.41, 5.74) is 7.15. The first kappa shape index (κ1) is 7.06. The van der Waals surface area contributed by atoms with Crippen molar-refractivity contribution in [3.05, 3.63) is 29.8 Å². The topological polar surface area (TPSA) is 26.0 Å². The molecule has 0 aliphatic heterocycles. The van der Waals surface area contributed by atoms with Crippen LogP contribution in [0.2, 0.25) is 0 Å². The lowest BCUT2D eigenvalue weighted by Gasteiger charge is -1.96. The molecule has 0 unspecified atom stereocenters.